The fraction of sp³-hybridized carbons (Fsp3) is 0.500. The Morgan fingerprint density at radius 1 is 1.59 bits per heavy atom. The average molecular weight is 300 g/mol. The quantitative estimate of drug-likeness (QED) is 0.897. The lowest BCUT2D eigenvalue weighted by atomic mass is 9.87. The van der Waals surface area contributed by atoms with Gasteiger partial charge in [0, 0.05) is 11.0 Å². The van der Waals surface area contributed by atoms with Crippen LogP contribution in [0.3, 0.4) is 0 Å². The van der Waals surface area contributed by atoms with Gasteiger partial charge >= 0.3 is 0 Å². The normalized spacial score (nSPS) is 14.2. The summed E-state index contributed by atoms with van der Waals surface area (Å²) in [6.07, 6.45) is 0.699. The molecule has 1 aromatic heterocycles. The maximum Gasteiger partial charge on any atom is 0.232 e. The predicted octanol–water partition coefficient (Wildman–Crippen LogP) is 2.47. The van der Waals surface area contributed by atoms with E-state index in [1.165, 1.54) is 0 Å². The number of nitrogens with zero attached hydrogens (tertiary/aromatic N) is 1. The Balaban J connectivity index is 2.84. The molecule has 0 spiro atoms. The van der Waals surface area contributed by atoms with E-state index in [9.17, 15) is 4.79 Å². The largest absolute Gasteiger partial charge is 0.329 e. The molecule has 1 aromatic rings. The zero-order chi connectivity index (χ0) is 13.1. The minimum Gasteiger partial charge on any atom is -0.329 e. The molecule has 0 aromatic carbocycles. The lowest BCUT2D eigenvalue weighted by molar-refractivity contribution is -0.124. The van der Waals surface area contributed by atoms with Gasteiger partial charge in [-0.05, 0) is 48.3 Å². The van der Waals surface area contributed by atoms with E-state index in [4.69, 9.17) is 5.73 Å². The third-order valence-corrected chi connectivity index (χ3v) is 3.88. The van der Waals surface area contributed by atoms with Crippen LogP contribution < -0.4 is 11.1 Å². The van der Waals surface area contributed by atoms with Gasteiger partial charge in [0.1, 0.15) is 5.82 Å². The van der Waals surface area contributed by atoms with Gasteiger partial charge in [0.25, 0.3) is 0 Å². The summed E-state index contributed by atoms with van der Waals surface area (Å²) in [6, 6.07) is 3.63. The van der Waals surface area contributed by atoms with Crippen LogP contribution in [0.4, 0.5) is 5.82 Å². The van der Waals surface area contributed by atoms with Crippen molar-refractivity contribution in [2.75, 3.05) is 11.9 Å². The Morgan fingerprint density at radius 2 is 2.24 bits per heavy atom. The van der Waals surface area contributed by atoms with Crippen molar-refractivity contribution in [1.82, 2.24) is 4.98 Å². The molecule has 0 bridgehead atoms. The van der Waals surface area contributed by atoms with Gasteiger partial charge < -0.3 is 11.1 Å². The molecular weight excluding hydrogens is 282 g/mol. The van der Waals surface area contributed by atoms with E-state index in [1.54, 1.807) is 6.07 Å². The minimum atomic E-state index is -0.539. The van der Waals surface area contributed by atoms with Crippen molar-refractivity contribution in [2.24, 2.45) is 11.1 Å². The molecule has 17 heavy (non-hydrogen) atoms. The smallest absolute Gasteiger partial charge is 0.232 e. The molecule has 1 heterocycles. The molecule has 3 N–H and O–H groups in total. The lowest BCUT2D eigenvalue weighted by Crippen LogP contribution is -2.39. The second-order valence-corrected chi connectivity index (χ2v) is 5.19. The summed E-state index contributed by atoms with van der Waals surface area (Å²) in [5.41, 5.74) is 5.94. The van der Waals surface area contributed by atoms with Gasteiger partial charge in [-0.25, -0.2) is 4.98 Å². The number of aromatic nitrogens is 1. The van der Waals surface area contributed by atoms with Crippen molar-refractivity contribution < 1.29 is 4.79 Å². The molecule has 0 aliphatic carbocycles. The van der Waals surface area contributed by atoms with Crippen LogP contribution in [0.25, 0.3) is 0 Å². The Kier molecular flexibility index (Phi) is 4.65. The van der Waals surface area contributed by atoms with Crippen LogP contribution in [0.5, 0.6) is 0 Å². The molecule has 1 amide bonds. The Hall–Kier alpha value is -0.940. The number of anilines is 1. The van der Waals surface area contributed by atoms with Crippen LogP contribution >= 0.6 is 15.9 Å². The number of pyridine rings is 1. The number of nitrogens with one attached hydrogen (secondary N) is 1. The van der Waals surface area contributed by atoms with Crippen LogP contribution in [0, 0.1) is 12.3 Å². The average Bonchev–Trinajstić information content (AvgIpc) is 2.32. The zero-order valence-corrected chi connectivity index (χ0v) is 12.0. The van der Waals surface area contributed by atoms with Crippen molar-refractivity contribution in [3.05, 3.63) is 22.3 Å². The SMILES string of the molecule is CCC(C)(CN)C(=O)Nc1ccc(Br)c(C)n1. The molecule has 0 radical (unpaired) electrons. The Bertz CT molecular complexity index is 416. The van der Waals surface area contributed by atoms with Gasteiger partial charge in [0.15, 0.2) is 0 Å². The van der Waals surface area contributed by atoms with Crippen LogP contribution in [0.2, 0.25) is 0 Å². The molecule has 1 unspecified atom stereocenters. The predicted molar refractivity (Wildman–Crippen MR) is 72.8 cm³/mol. The first kappa shape index (κ1) is 14.1. The van der Waals surface area contributed by atoms with Crippen LogP contribution in [-0.2, 0) is 4.79 Å². The van der Waals surface area contributed by atoms with E-state index in [0.29, 0.717) is 18.8 Å². The summed E-state index contributed by atoms with van der Waals surface area (Å²) in [6.45, 7) is 6.01. The highest BCUT2D eigenvalue weighted by Gasteiger charge is 2.29. The maximum absolute atomic E-state index is 12.0. The lowest BCUT2D eigenvalue weighted by Gasteiger charge is -2.24. The van der Waals surface area contributed by atoms with Crippen molar-refractivity contribution in [2.45, 2.75) is 27.2 Å². The van der Waals surface area contributed by atoms with Crippen molar-refractivity contribution in [3.63, 3.8) is 0 Å². The van der Waals surface area contributed by atoms with E-state index in [1.807, 2.05) is 26.8 Å². The van der Waals surface area contributed by atoms with E-state index < -0.39 is 5.41 Å². The van der Waals surface area contributed by atoms with Gasteiger partial charge in [-0.2, -0.15) is 0 Å². The standard InChI is InChI=1S/C12H18BrN3O/c1-4-12(3,7-14)11(17)16-10-6-5-9(13)8(2)15-10/h5-6H,4,7,14H2,1-3H3,(H,15,16,17). The highest BCUT2D eigenvalue weighted by molar-refractivity contribution is 9.10. The van der Waals surface area contributed by atoms with E-state index in [-0.39, 0.29) is 5.91 Å². The number of nitrogens with two attached hydrogens (primary N) is 1. The number of aryl methyl sites for hydroxylation is 1. The van der Waals surface area contributed by atoms with Gasteiger partial charge in [-0.15, -0.1) is 0 Å². The van der Waals surface area contributed by atoms with E-state index >= 15 is 0 Å². The first-order chi connectivity index (χ1) is 7.92. The first-order valence-corrected chi connectivity index (χ1v) is 6.37. The molecule has 0 fully saturated rings. The fourth-order valence-corrected chi connectivity index (χ4v) is 1.50. The number of carbonyl (C=O) groups is 1. The third-order valence-electron chi connectivity index (χ3n) is 3.04. The monoisotopic (exact) mass is 299 g/mol. The van der Waals surface area contributed by atoms with Gasteiger partial charge in [-0.3, -0.25) is 4.79 Å². The third kappa shape index (κ3) is 3.26. The number of halogens is 1. The number of amides is 1. The van der Waals surface area contributed by atoms with Gasteiger partial charge in [-0.1, -0.05) is 6.92 Å². The van der Waals surface area contributed by atoms with Crippen LogP contribution in [0.15, 0.2) is 16.6 Å². The van der Waals surface area contributed by atoms with Crippen LogP contribution in [-0.4, -0.2) is 17.4 Å². The molecule has 94 valence electrons. The molecule has 0 aliphatic heterocycles. The van der Waals surface area contributed by atoms with Crippen molar-refractivity contribution in [3.8, 4) is 0 Å². The Morgan fingerprint density at radius 3 is 2.71 bits per heavy atom. The topological polar surface area (TPSA) is 68.0 Å². The van der Waals surface area contributed by atoms with E-state index in [2.05, 4.69) is 26.2 Å². The zero-order valence-electron chi connectivity index (χ0n) is 10.4. The number of hydrogen-bond donors (Lipinski definition) is 2. The molecule has 4 nitrogen and oxygen atoms in total. The van der Waals surface area contributed by atoms with Crippen molar-refractivity contribution in [1.29, 1.82) is 0 Å². The highest BCUT2D eigenvalue weighted by Crippen LogP contribution is 2.22. The van der Waals surface area contributed by atoms with Gasteiger partial charge in [0.05, 0.1) is 11.1 Å². The minimum absolute atomic E-state index is 0.0864. The fourth-order valence-electron chi connectivity index (χ4n) is 1.28. The van der Waals surface area contributed by atoms with Crippen LogP contribution in [0.1, 0.15) is 26.0 Å². The maximum atomic E-state index is 12.0. The Labute approximate surface area is 110 Å². The molecular formula is C12H18BrN3O. The number of carbonyl (C=O) groups excluding carboxylic acids is 1. The first-order valence-electron chi connectivity index (χ1n) is 5.57. The summed E-state index contributed by atoms with van der Waals surface area (Å²) in [7, 11) is 0. The summed E-state index contributed by atoms with van der Waals surface area (Å²) < 4.78 is 0.924. The number of hydrogen-bond acceptors (Lipinski definition) is 3. The molecule has 1 rings (SSSR count). The summed E-state index contributed by atoms with van der Waals surface area (Å²) in [5, 5.41) is 2.80. The summed E-state index contributed by atoms with van der Waals surface area (Å²) in [4.78, 5) is 16.3. The van der Waals surface area contributed by atoms with E-state index in [0.717, 1.165) is 10.2 Å². The van der Waals surface area contributed by atoms with Gasteiger partial charge in [0.2, 0.25) is 5.91 Å². The summed E-state index contributed by atoms with van der Waals surface area (Å²) in [5.74, 6) is 0.473. The molecule has 0 aliphatic rings. The second kappa shape index (κ2) is 5.60. The highest BCUT2D eigenvalue weighted by atomic mass is 79.9. The summed E-state index contributed by atoms with van der Waals surface area (Å²) >= 11 is 3.37. The second-order valence-electron chi connectivity index (χ2n) is 4.34. The molecule has 0 saturated carbocycles. The molecule has 0 saturated heterocycles. The van der Waals surface area contributed by atoms with Crippen molar-refractivity contribution >= 4 is 27.7 Å². The molecule has 1 atom stereocenters. The molecule has 5 heteroatoms. The number of rotatable bonds is 4.